The first-order chi connectivity index (χ1) is 8.44. The molecule has 2 N–H and O–H groups in total. The van der Waals surface area contributed by atoms with Crippen molar-refractivity contribution in [3.63, 3.8) is 0 Å². The smallest absolute Gasteiger partial charge is 0.323 e. The average molecular weight is 254 g/mol. The van der Waals surface area contributed by atoms with Crippen molar-refractivity contribution < 1.29 is 14.7 Å². The van der Waals surface area contributed by atoms with Gasteiger partial charge in [-0.2, -0.15) is 0 Å². The first-order valence-electron chi connectivity index (χ1n) is 6.27. The van der Waals surface area contributed by atoms with Crippen LogP contribution >= 0.6 is 0 Å². The van der Waals surface area contributed by atoms with Crippen LogP contribution in [0.1, 0.15) is 20.3 Å². The quantitative estimate of drug-likeness (QED) is 0.685. The van der Waals surface area contributed by atoms with Gasteiger partial charge in [0.25, 0.3) is 0 Å². The standard InChI is InChI=1S/C13H22N2O3/c1-4-7-15(8-11(16)17)12(18)13(10(2)3)5-6-14-9-13/h4,10,14H,1,5-9H2,2-3H3,(H,16,17). The van der Waals surface area contributed by atoms with Crippen molar-refractivity contribution in [1.29, 1.82) is 0 Å². The van der Waals surface area contributed by atoms with Crippen LogP contribution < -0.4 is 5.32 Å². The highest BCUT2D eigenvalue weighted by atomic mass is 16.4. The van der Waals surface area contributed by atoms with Crippen molar-refractivity contribution in [2.75, 3.05) is 26.2 Å². The van der Waals surface area contributed by atoms with Crippen LogP contribution in [0.2, 0.25) is 0 Å². The van der Waals surface area contributed by atoms with E-state index in [4.69, 9.17) is 5.11 Å². The van der Waals surface area contributed by atoms with Crippen molar-refractivity contribution in [2.24, 2.45) is 11.3 Å². The lowest BCUT2D eigenvalue weighted by molar-refractivity contribution is -0.150. The van der Waals surface area contributed by atoms with E-state index in [-0.39, 0.29) is 24.9 Å². The van der Waals surface area contributed by atoms with Gasteiger partial charge in [-0.15, -0.1) is 6.58 Å². The van der Waals surface area contributed by atoms with E-state index < -0.39 is 11.4 Å². The number of nitrogens with one attached hydrogen (secondary N) is 1. The molecule has 0 aromatic rings. The normalized spacial score (nSPS) is 23.1. The highest BCUT2D eigenvalue weighted by molar-refractivity contribution is 5.87. The third kappa shape index (κ3) is 2.90. The van der Waals surface area contributed by atoms with Gasteiger partial charge in [-0.05, 0) is 18.9 Å². The predicted molar refractivity (Wildman–Crippen MR) is 69.2 cm³/mol. The van der Waals surface area contributed by atoms with Gasteiger partial charge >= 0.3 is 5.97 Å². The molecule has 1 aliphatic heterocycles. The second kappa shape index (κ2) is 6.00. The highest BCUT2D eigenvalue weighted by Crippen LogP contribution is 2.36. The van der Waals surface area contributed by atoms with Gasteiger partial charge in [-0.25, -0.2) is 0 Å². The summed E-state index contributed by atoms with van der Waals surface area (Å²) in [5.74, 6) is -0.888. The molecule has 1 atom stereocenters. The predicted octanol–water partition coefficient (Wildman–Crippen LogP) is 0.721. The number of amides is 1. The van der Waals surface area contributed by atoms with Crippen LogP contribution in [0.25, 0.3) is 0 Å². The van der Waals surface area contributed by atoms with Crippen molar-refractivity contribution in [1.82, 2.24) is 10.2 Å². The third-order valence-electron chi connectivity index (χ3n) is 3.68. The van der Waals surface area contributed by atoms with E-state index >= 15 is 0 Å². The van der Waals surface area contributed by atoms with Crippen LogP contribution in [0.15, 0.2) is 12.7 Å². The van der Waals surface area contributed by atoms with Crippen LogP contribution in [0.5, 0.6) is 0 Å². The molecule has 0 aliphatic carbocycles. The number of hydrogen-bond donors (Lipinski definition) is 2. The molecule has 1 saturated heterocycles. The summed E-state index contributed by atoms with van der Waals surface area (Å²) < 4.78 is 0. The molecule has 5 heteroatoms. The molecular formula is C13H22N2O3. The van der Waals surface area contributed by atoms with E-state index in [1.54, 1.807) is 6.08 Å². The second-order valence-corrected chi connectivity index (χ2v) is 5.11. The van der Waals surface area contributed by atoms with Crippen molar-refractivity contribution in [3.8, 4) is 0 Å². The Labute approximate surface area is 108 Å². The fraction of sp³-hybridized carbons (Fsp3) is 0.692. The van der Waals surface area contributed by atoms with Gasteiger partial charge in [0.1, 0.15) is 6.54 Å². The Balaban J connectivity index is 2.91. The zero-order valence-corrected chi connectivity index (χ0v) is 11.1. The van der Waals surface area contributed by atoms with Gasteiger partial charge < -0.3 is 15.3 Å². The summed E-state index contributed by atoms with van der Waals surface area (Å²) in [5, 5.41) is 12.1. The van der Waals surface area contributed by atoms with Crippen molar-refractivity contribution >= 4 is 11.9 Å². The summed E-state index contributed by atoms with van der Waals surface area (Å²) in [6, 6.07) is 0. The summed E-state index contributed by atoms with van der Waals surface area (Å²) in [5.41, 5.74) is -0.474. The van der Waals surface area contributed by atoms with Crippen molar-refractivity contribution in [2.45, 2.75) is 20.3 Å². The fourth-order valence-electron chi connectivity index (χ4n) is 2.49. The van der Waals surface area contributed by atoms with Gasteiger partial charge in [0.2, 0.25) is 5.91 Å². The van der Waals surface area contributed by atoms with Gasteiger partial charge in [0.05, 0.1) is 5.41 Å². The molecule has 1 fully saturated rings. The molecular weight excluding hydrogens is 232 g/mol. The number of carbonyl (C=O) groups is 2. The molecule has 1 heterocycles. The van der Waals surface area contributed by atoms with Crippen LogP contribution in [0.4, 0.5) is 0 Å². The molecule has 0 aromatic carbocycles. The molecule has 1 amide bonds. The first-order valence-corrected chi connectivity index (χ1v) is 6.27. The van der Waals surface area contributed by atoms with E-state index in [1.165, 1.54) is 4.90 Å². The molecule has 0 saturated carbocycles. The Morgan fingerprint density at radius 2 is 2.22 bits per heavy atom. The maximum Gasteiger partial charge on any atom is 0.323 e. The number of hydrogen-bond acceptors (Lipinski definition) is 3. The van der Waals surface area contributed by atoms with Crippen LogP contribution in [-0.4, -0.2) is 48.1 Å². The van der Waals surface area contributed by atoms with Gasteiger partial charge in [0.15, 0.2) is 0 Å². The van der Waals surface area contributed by atoms with Crippen LogP contribution in [0.3, 0.4) is 0 Å². The maximum absolute atomic E-state index is 12.6. The van der Waals surface area contributed by atoms with E-state index in [1.807, 2.05) is 13.8 Å². The molecule has 0 spiro atoms. The zero-order chi connectivity index (χ0) is 13.8. The number of aliphatic carboxylic acids is 1. The number of rotatable bonds is 6. The SMILES string of the molecule is C=CCN(CC(=O)O)C(=O)C1(C(C)C)CCNC1. The van der Waals surface area contributed by atoms with Gasteiger partial charge in [0, 0.05) is 13.1 Å². The lowest BCUT2D eigenvalue weighted by Crippen LogP contribution is -2.49. The summed E-state index contributed by atoms with van der Waals surface area (Å²) in [4.78, 5) is 24.8. The Morgan fingerprint density at radius 3 is 2.61 bits per heavy atom. The number of carboxylic acid groups (broad SMARTS) is 1. The van der Waals surface area contributed by atoms with E-state index in [9.17, 15) is 9.59 Å². The monoisotopic (exact) mass is 254 g/mol. The van der Waals surface area contributed by atoms with E-state index in [0.717, 1.165) is 13.0 Å². The molecule has 18 heavy (non-hydrogen) atoms. The Morgan fingerprint density at radius 1 is 1.56 bits per heavy atom. The topological polar surface area (TPSA) is 69.6 Å². The Bertz CT molecular complexity index is 333. The number of carbonyl (C=O) groups excluding carboxylic acids is 1. The Hall–Kier alpha value is -1.36. The molecule has 0 aromatic heterocycles. The summed E-state index contributed by atoms with van der Waals surface area (Å²) in [6.45, 7) is 9.04. The van der Waals surface area contributed by atoms with E-state index in [2.05, 4.69) is 11.9 Å². The van der Waals surface area contributed by atoms with Gasteiger partial charge in [-0.3, -0.25) is 9.59 Å². The first kappa shape index (κ1) is 14.7. The summed E-state index contributed by atoms with van der Waals surface area (Å²) >= 11 is 0. The molecule has 5 nitrogen and oxygen atoms in total. The van der Waals surface area contributed by atoms with Crippen LogP contribution in [0, 0.1) is 11.3 Å². The summed E-state index contributed by atoms with van der Waals surface area (Å²) in [7, 11) is 0. The highest BCUT2D eigenvalue weighted by Gasteiger charge is 2.46. The average Bonchev–Trinajstić information content (AvgIpc) is 2.77. The molecule has 0 radical (unpaired) electrons. The maximum atomic E-state index is 12.6. The third-order valence-corrected chi connectivity index (χ3v) is 3.68. The zero-order valence-electron chi connectivity index (χ0n) is 11.1. The van der Waals surface area contributed by atoms with E-state index in [0.29, 0.717) is 6.54 Å². The number of nitrogens with zero attached hydrogens (tertiary/aromatic N) is 1. The molecule has 102 valence electrons. The number of carboxylic acids is 1. The molecule has 0 bridgehead atoms. The van der Waals surface area contributed by atoms with Crippen molar-refractivity contribution in [3.05, 3.63) is 12.7 Å². The lowest BCUT2D eigenvalue weighted by atomic mass is 9.75. The van der Waals surface area contributed by atoms with Gasteiger partial charge in [-0.1, -0.05) is 19.9 Å². The minimum absolute atomic E-state index is 0.0789. The minimum Gasteiger partial charge on any atom is -0.480 e. The second-order valence-electron chi connectivity index (χ2n) is 5.11. The summed E-state index contributed by atoms with van der Waals surface area (Å²) in [6.07, 6.45) is 2.33. The van der Waals surface area contributed by atoms with Crippen LogP contribution in [-0.2, 0) is 9.59 Å². The molecule has 1 unspecified atom stereocenters. The fourth-order valence-corrected chi connectivity index (χ4v) is 2.49. The lowest BCUT2D eigenvalue weighted by Gasteiger charge is -2.35. The minimum atomic E-state index is -0.991. The molecule has 1 rings (SSSR count). The Kier molecular flexibility index (Phi) is 4.90. The molecule has 1 aliphatic rings. The largest absolute Gasteiger partial charge is 0.480 e.